The molecular weight excluding hydrogens is 395 g/mol. The number of methoxy groups -OCH3 is 1. The van der Waals surface area contributed by atoms with Gasteiger partial charge in [-0.25, -0.2) is 9.18 Å². The first-order valence-corrected chi connectivity index (χ1v) is 9.30. The van der Waals surface area contributed by atoms with Crippen LogP contribution < -0.4 is 15.4 Å². The summed E-state index contributed by atoms with van der Waals surface area (Å²) in [4.78, 5) is 43.4. The number of dihydropyridines is 1. The summed E-state index contributed by atoms with van der Waals surface area (Å²) in [5, 5.41) is 4.81. The molecule has 0 bridgehead atoms. The van der Waals surface area contributed by atoms with Gasteiger partial charge in [-0.2, -0.15) is 0 Å². The number of allylic oxidation sites excluding steroid dienone is 1. The smallest absolute Gasteiger partial charge is 0.322 e. The molecule has 2 N–H and O–H groups in total. The second-order valence-electron chi connectivity index (χ2n) is 7.38. The first-order valence-electron chi connectivity index (χ1n) is 9.30. The van der Waals surface area contributed by atoms with Gasteiger partial charge in [-0.15, -0.1) is 0 Å². The maximum absolute atomic E-state index is 14.7. The third-order valence-electron chi connectivity index (χ3n) is 5.63. The number of ether oxygens (including phenoxy) is 2. The van der Waals surface area contributed by atoms with E-state index in [0.717, 1.165) is 0 Å². The standard InChI is InChI=1S/C20H17FN4O5/c1-29-13-5-4-10-8-25(17(26)15(10)16(13)21)9-20(18(27)23-19(28)24-20)14-7-11-12(30-14)3-2-6-22-11/h2-7,11-12H,8-9H2,1H3,(H2,23,24,27,28). The van der Waals surface area contributed by atoms with Crippen LogP contribution in [0.3, 0.4) is 0 Å². The first kappa shape index (κ1) is 18.3. The predicted octanol–water partition coefficient (Wildman–Crippen LogP) is 0.660. The molecule has 0 radical (unpaired) electrons. The van der Waals surface area contributed by atoms with Crippen molar-refractivity contribution in [2.45, 2.75) is 24.2 Å². The van der Waals surface area contributed by atoms with Gasteiger partial charge in [0.15, 0.2) is 17.1 Å². The Morgan fingerprint density at radius 2 is 2.20 bits per heavy atom. The summed E-state index contributed by atoms with van der Waals surface area (Å²) >= 11 is 0. The van der Waals surface area contributed by atoms with Crippen molar-refractivity contribution >= 4 is 24.1 Å². The molecule has 30 heavy (non-hydrogen) atoms. The molecule has 0 spiro atoms. The highest BCUT2D eigenvalue weighted by Gasteiger charge is 2.55. The van der Waals surface area contributed by atoms with E-state index in [4.69, 9.17) is 9.47 Å². The monoisotopic (exact) mass is 412 g/mol. The second-order valence-corrected chi connectivity index (χ2v) is 7.38. The number of nitrogens with one attached hydrogen (secondary N) is 2. The minimum Gasteiger partial charge on any atom is -0.494 e. The Morgan fingerprint density at radius 3 is 2.90 bits per heavy atom. The summed E-state index contributed by atoms with van der Waals surface area (Å²) < 4.78 is 25.5. The second kappa shape index (κ2) is 6.41. The van der Waals surface area contributed by atoms with Gasteiger partial charge >= 0.3 is 6.03 Å². The maximum atomic E-state index is 14.7. The van der Waals surface area contributed by atoms with Crippen molar-refractivity contribution in [1.29, 1.82) is 0 Å². The number of nitrogens with zero attached hydrogens (tertiary/aromatic N) is 2. The molecule has 0 aromatic heterocycles. The average molecular weight is 412 g/mol. The molecule has 0 saturated carbocycles. The molecule has 10 heteroatoms. The molecule has 9 nitrogen and oxygen atoms in total. The molecule has 154 valence electrons. The van der Waals surface area contributed by atoms with Crippen LogP contribution in [0, 0.1) is 5.82 Å². The number of urea groups is 1. The van der Waals surface area contributed by atoms with Crippen LogP contribution >= 0.6 is 0 Å². The lowest BCUT2D eigenvalue weighted by Crippen LogP contribution is -2.57. The molecule has 4 amide bonds. The summed E-state index contributed by atoms with van der Waals surface area (Å²) in [5.74, 6) is -1.83. The van der Waals surface area contributed by atoms with Crippen LogP contribution in [0.2, 0.25) is 0 Å². The van der Waals surface area contributed by atoms with Crippen LogP contribution in [0.15, 0.2) is 41.1 Å². The van der Waals surface area contributed by atoms with Gasteiger partial charge in [0.05, 0.1) is 19.2 Å². The van der Waals surface area contributed by atoms with Crippen LogP contribution in [0.5, 0.6) is 5.75 Å². The van der Waals surface area contributed by atoms with Crippen molar-refractivity contribution in [3.05, 3.63) is 53.1 Å². The zero-order chi connectivity index (χ0) is 21.0. The summed E-state index contributed by atoms with van der Waals surface area (Å²) in [6.45, 7) is -0.142. The number of fused-ring (bicyclic) bond motifs is 2. The van der Waals surface area contributed by atoms with Gasteiger partial charge in [-0.1, -0.05) is 6.07 Å². The number of aliphatic imine (C=N–C) groups is 1. The van der Waals surface area contributed by atoms with Gasteiger partial charge in [0.2, 0.25) is 0 Å². The average Bonchev–Trinajstić information content (AvgIpc) is 3.37. The quantitative estimate of drug-likeness (QED) is 0.707. The maximum Gasteiger partial charge on any atom is 0.322 e. The number of hydrogen-bond acceptors (Lipinski definition) is 6. The highest BCUT2D eigenvalue weighted by molar-refractivity contribution is 6.09. The Morgan fingerprint density at radius 1 is 1.37 bits per heavy atom. The van der Waals surface area contributed by atoms with E-state index < -0.39 is 35.3 Å². The Bertz CT molecular complexity index is 1080. The molecule has 1 saturated heterocycles. The van der Waals surface area contributed by atoms with Gasteiger partial charge in [-0.05, 0) is 29.9 Å². The van der Waals surface area contributed by atoms with Gasteiger partial charge in [0.1, 0.15) is 17.9 Å². The fraction of sp³-hybridized carbons (Fsp3) is 0.300. The van der Waals surface area contributed by atoms with Gasteiger partial charge in [0, 0.05) is 12.8 Å². The molecule has 3 atom stereocenters. The van der Waals surface area contributed by atoms with E-state index in [1.54, 1.807) is 30.5 Å². The Hall–Kier alpha value is -3.69. The van der Waals surface area contributed by atoms with Crippen molar-refractivity contribution in [3.63, 3.8) is 0 Å². The number of hydrogen-bond donors (Lipinski definition) is 2. The fourth-order valence-electron chi connectivity index (χ4n) is 4.16. The fourth-order valence-corrected chi connectivity index (χ4v) is 4.16. The Kier molecular flexibility index (Phi) is 3.92. The lowest BCUT2D eigenvalue weighted by atomic mass is 9.95. The third kappa shape index (κ3) is 2.53. The van der Waals surface area contributed by atoms with Gasteiger partial charge in [0.25, 0.3) is 11.8 Å². The molecule has 4 aliphatic rings. The molecule has 4 heterocycles. The van der Waals surface area contributed by atoms with E-state index in [1.807, 2.05) is 0 Å². The number of benzene rings is 1. The molecule has 1 fully saturated rings. The molecule has 5 rings (SSSR count). The van der Waals surface area contributed by atoms with Crippen molar-refractivity contribution in [3.8, 4) is 5.75 Å². The van der Waals surface area contributed by atoms with Crippen molar-refractivity contribution in [1.82, 2.24) is 15.5 Å². The highest BCUT2D eigenvalue weighted by atomic mass is 19.1. The lowest BCUT2D eigenvalue weighted by molar-refractivity contribution is -0.124. The number of halogens is 1. The SMILES string of the molecule is COc1ccc2c(c1F)C(=O)N(CC1(C3=CC4N=CC=CC4O3)NC(=O)NC1=O)C2. The third-order valence-corrected chi connectivity index (χ3v) is 5.63. The highest BCUT2D eigenvalue weighted by Crippen LogP contribution is 2.36. The number of rotatable bonds is 4. The van der Waals surface area contributed by atoms with Crippen LogP contribution in [-0.4, -0.2) is 60.3 Å². The summed E-state index contributed by atoms with van der Waals surface area (Å²) in [6, 6.07) is 2.02. The van der Waals surface area contributed by atoms with Crippen molar-refractivity contribution in [2.24, 2.45) is 4.99 Å². The Labute approximate surface area is 170 Å². The van der Waals surface area contributed by atoms with E-state index >= 15 is 0 Å². The lowest BCUT2D eigenvalue weighted by Gasteiger charge is -2.31. The van der Waals surface area contributed by atoms with E-state index in [1.165, 1.54) is 18.1 Å². The zero-order valence-corrected chi connectivity index (χ0v) is 15.8. The Balaban J connectivity index is 1.49. The molecule has 1 aromatic rings. The number of amides is 4. The summed E-state index contributed by atoms with van der Waals surface area (Å²) in [7, 11) is 1.32. The van der Waals surface area contributed by atoms with Crippen LogP contribution in [-0.2, 0) is 16.1 Å². The molecule has 4 aliphatic heterocycles. The van der Waals surface area contributed by atoms with E-state index in [2.05, 4.69) is 15.6 Å². The van der Waals surface area contributed by atoms with Crippen molar-refractivity contribution < 1.29 is 28.2 Å². The van der Waals surface area contributed by atoms with Crippen molar-refractivity contribution in [2.75, 3.05) is 13.7 Å². The predicted molar refractivity (Wildman–Crippen MR) is 101 cm³/mol. The normalized spacial score (nSPS) is 28.7. The van der Waals surface area contributed by atoms with Crippen LogP contribution in [0.25, 0.3) is 0 Å². The van der Waals surface area contributed by atoms with Crippen LogP contribution in [0.1, 0.15) is 15.9 Å². The first-order chi connectivity index (χ1) is 14.4. The van der Waals surface area contributed by atoms with E-state index in [0.29, 0.717) is 5.56 Å². The number of imide groups is 1. The number of carbonyl (C=O) groups is 3. The molecular formula is C20H17FN4O5. The van der Waals surface area contributed by atoms with E-state index in [9.17, 15) is 18.8 Å². The topological polar surface area (TPSA) is 109 Å². The minimum absolute atomic E-state index is 0.0406. The molecule has 1 aromatic carbocycles. The largest absolute Gasteiger partial charge is 0.494 e. The van der Waals surface area contributed by atoms with Gasteiger partial charge < -0.3 is 19.7 Å². The summed E-state index contributed by atoms with van der Waals surface area (Å²) in [5.41, 5.74) is -1.26. The minimum atomic E-state index is -1.63. The zero-order valence-electron chi connectivity index (χ0n) is 15.8. The van der Waals surface area contributed by atoms with Gasteiger partial charge in [-0.3, -0.25) is 19.9 Å². The summed E-state index contributed by atoms with van der Waals surface area (Å²) in [6.07, 6.45) is 6.41. The van der Waals surface area contributed by atoms with E-state index in [-0.39, 0.29) is 36.2 Å². The number of carbonyl (C=O) groups excluding carboxylic acids is 3. The van der Waals surface area contributed by atoms with Crippen LogP contribution in [0.4, 0.5) is 9.18 Å². The molecule has 0 aliphatic carbocycles. The molecule has 3 unspecified atom stereocenters.